The average Bonchev–Trinajstić information content (AvgIpc) is 3.37. The van der Waals surface area contributed by atoms with Crippen LogP contribution in [0.15, 0.2) is 85.7 Å². The van der Waals surface area contributed by atoms with Gasteiger partial charge in [-0.15, -0.1) is 0 Å². The molecule has 8 nitrogen and oxygen atoms in total. The van der Waals surface area contributed by atoms with Gasteiger partial charge < -0.3 is 14.6 Å². The fraction of sp³-hybridized carbons (Fsp3) is 0.125. The van der Waals surface area contributed by atoms with Crippen LogP contribution in [-0.4, -0.2) is 44.4 Å². The van der Waals surface area contributed by atoms with Gasteiger partial charge in [-0.3, -0.25) is 9.59 Å². The quantitative estimate of drug-likeness (QED) is 0.434. The fourth-order valence-electron chi connectivity index (χ4n) is 3.18. The summed E-state index contributed by atoms with van der Waals surface area (Å²) in [4.78, 5) is 38.5. The van der Waals surface area contributed by atoms with Crippen LogP contribution in [0.2, 0.25) is 0 Å². The third-order valence-corrected chi connectivity index (χ3v) is 4.89. The van der Waals surface area contributed by atoms with E-state index in [0.717, 1.165) is 11.3 Å². The molecule has 0 bridgehead atoms. The molecule has 2 aromatic carbocycles. The first-order valence-electron chi connectivity index (χ1n) is 9.96. The number of hydrogen-bond acceptors (Lipinski definition) is 6. The molecule has 0 aliphatic rings. The SMILES string of the molecule is COc1ccc(-c2ncc(C(=O)NC(Cn3ccnc3)C(=O)c3ccccc3)cn2)cc1. The Hall–Kier alpha value is -4.33. The number of imidazole rings is 1. The van der Waals surface area contributed by atoms with Crippen LogP contribution in [0, 0.1) is 0 Å². The van der Waals surface area contributed by atoms with E-state index in [4.69, 9.17) is 4.74 Å². The number of methoxy groups -OCH3 is 1. The number of amides is 1. The number of rotatable bonds is 8. The van der Waals surface area contributed by atoms with Gasteiger partial charge in [0.1, 0.15) is 11.8 Å². The van der Waals surface area contributed by atoms with Gasteiger partial charge in [-0.1, -0.05) is 30.3 Å². The maximum Gasteiger partial charge on any atom is 0.255 e. The topological polar surface area (TPSA) is 99.0 Å². The Kier molecular flexibility index (Phi) is 6.31. The highest BCUT2D eigenvalue weighted by atomic mass is 16.5. The lowest BCUT2D eigenvalue weighted by Gasteiger charge is -2.18. The molecule has 160 valence electrons. The van der Waals surface area contributed by atoms with Crippen molar-refractivity contribution < 1.29 is 14.3 Å². The zero-order valence-corrected chi connectivity index (χ0v) is 17.4. The summed E-state index contributed by atoms with van der Waals surface area (Å²) in [6.07, 6.45) is 7.86. The predicted octanol–water partition coefficient (Wildman–Crippen LogP) is 3.03. The zero-order valence-electron chi connectivity index (χ0n) is 17.4. The number of aromatic nitrogens is 4. The Morgan fingerprint density at radius 1 is 1.00 bits per heavy atom. The highest BCUT2D eigenvalue weighted by molar-refractivity contribution is 6.04. The lowest BCUT2D eigenvalue weighted by atomic mass is 10.0. The molecule has 2 aromatic heterocycles. The Labute approximate surface area is 184 Å². The normalized spacial score (nSPS) is 11.5. The summed E-state index contributed by atoms with van der Waals surface area (Å²) < 4.78 is 6.90. The van der Waals surface area contributed by atoms with Crippen molar-refractivity contribution in [3.63, 3.8) is 0 Å². The molecule has 4 rings (SSSR count). The van der Waals surface area contributed by atoms with Crippen molar-refractivity contribution in [2.75, 3.05) is 7.11 Å². The zero-order chi connectivity index (χ0) is 22.3. The third kappa shape index (κ3) is 4.86. The molecule has 0 radical (unpaired) electrons. The molecule has 0 aliphatic heterocycles. The van der Waals surface area contributed by atoms with Crippen molar-refractivity contribution in [2.24, 2.45) is 0 Å². The third-order valence-electron chi connectivity index (χ3n) is 4.89. The van der Waals surface area contributed by atoms with E-state index in [1.807, 2.05) is 30.3 Å². The fourth-order valence-corrected chi connectivity index (χ4v) is 3.18. The molecule has 1 atom stereocenters. The molecule has 1 amide bonds. The molecule has 1 unspecified atom stereocenters. The van der Waals surface area contributed by atoms with Gasteiger partial charge in [0, 0.05) is 35.9 Å². The van der Waals surface area contributed by atoms with Crippen LogP contribution in [0.25, 0.3) is 11.4 Å². The monoisotopic (exact) mass is 427 g/mol. The van der Waals surface area contributed by atoms with E-state index in [9.17, 15) is 9.59 Å². The average molecular weight is 427 g/mol. The molecule has 1 N–H and O–H groups in total. The summed E-state index contributed by atoms with van der Waals surface area (Å²) in [5.41, 5.74) is 1.58. The minimum absolute atomic E-state index is 0.191. The highest BCUT2D eigenvalue weighted by Gasteiger charge is 2.23. The van der Waals surface area contributed by atoms with Crippen LogP contribution in [0.5, 0.6) is 5.75 Å². The Balaban J connectivity index is 1.51. The summed E-state index contributed by atoms with van der Waals surface area (Å²) in [5, 5.41) is 2.81. The highest BCUT2D eigenvalue weighted by Crippen LogP contribution is 2.19. The van der Waals surface area contributed by atoms with Crippen LogP contribution in [-0.2, 0) is 6.54 Å². The van der Waals surface area contributed by atoms with E-state index in [2.05, 4.69) is 20.3 Å². The number of nitrogens with zero attached hydrogens (tertiary/aromatic N) is 4. The van der Waals surface area contributed by atoms with Crippen molar-refractivity contribution in [1.82, 2.24) is 24.8 Å². The summed E-state index contributed by atoms with van der Waals surface area (Å²) >= 11 is 0. The molecule has 2 heterocycles. The van der Waals surface area contributed by atoms with E-state index in [-0.39, 0.29) is 17.9 Å². The van der Waals surface area contributed by atoms with E-state index < -0.39 is 11.9 Å². The Morgan fingerprint density at radius 3 is 2.34 bits per heavy atom. The molecule has 0 saturated carbocycles. The maximum absolute atomic E-state index is 13.0. The van der Waals surface area contributed by atoms with Crippen molar-refractivity contribution >= 4 is 11.7 Å². The smallest absolute Gasteiger partial charge is 0.255 e. The predicted molar refractivity (Wildman–Crippen MR) is 118 cm³/mol. The molecule has 0 saturated heterocycles. The van der Waals surface area contributed by atoms with Gasteiger partial charge in [-0.25, -0.2) is 15.0 Å². The standard InChI is InChI=1S/C24H21N5O3/c1-32-20-9-7-18(8-10-20)23-26-13-19(14-27-23)24(31)28-21(15-29-12-11-25-16-29)22(30)17-5-3-2-4-6-17/h2-14,16,21H,15H2,1H3,(H,28,31). The molecule has 8 heteroatoms. The van der Waals surface area contributed by atoms with Gasteiger partial charge in [0.25, 0.3) is 5.91 Å². The number of hydrogen-bond donors (Lipinski definition) is 1. The molecular weight excluding hydrogens is 406 g/mol. The van der Waals surface area contributed by atoms with Crippen molar-refractivity contribution in [1.29, 1.82) is 0 Å². The van der Waals surface area contributed by atoms with Crippen LogP contribution < -0.4 is 10.1 Å². The lowest BCUT2D eigenvalue weighted by Crippen LogP contribution is -2.43. The number of benzene rings is 2. The first-order chi connectivity index (χ1) is 15.6. The minimum atomic E-state index is -0.777. The molecular formula is C24H21N5O3. The van der Waals surface area contributed by atoms with Crippen molar-refractivity contribution in [2.45, 2.75) is 12.6 Å². The molecule has 32 heavy (non-hydrogen) atoms. The van der Waals surface area contributed by atoms with Gasteiger partial charge in [0.05, 0.1) is 25.5 Å². The number of ether oxygens (including phenoxy) is 1. The van der Waals surface area contributed by atoms with Crippen molar-refractivity contribution in [3.8, 4) is 17.1 Å². The van der Waals surface area contributed by atoms with E-state index in [0.29, 0.717) is 11.4 Å². The largest absolute Gasteiger partial charge is 0.497 e. The Morgan fingerprint density at radius 2 is 1.72 bits per heavy atom. The summed E-state index contributed by atoms with van der Waals surface area (Å²) in [7, 11) is 1.60. The molecule has 0 spiro atoms. The first kappa shape index (κ1) is 20.9. The summed E-state index contributed by atoms with van der Waals surface area (Å²) in [6.45, 7) is 0.254. The summed E-state index contributed by atoms with van der Waals surface area (Å²) in [5.74, 6) is 0.598. The van der Waals surface area contributed by atoms with E-state index in [1.165, 1.54) is 12.4 Å². The van der Waals surface area contributed by atoms with E-state index in [1.54, 1.807) is 54.7 Å². The van der Waals surface area contributed by atoms with Crippen LogP contribution in [0.1, 0.15) is 20.7 Å². The second-order valence-corrected chi connectivity index (χ2v) is 7.04. The van der Waals surface area contributed by atoms with Gasteiger partial charge in [0.15, 0.2) is 11.6 Å². The second-order valence-electron chi connectivity index (χ2n) is 7.04. The molecule has 0 fully saturated rings. The summed E-state index contributed by atoms with van der Waals surface area (Å²) in [6, 6.07) is 15.4. The number of carbonyl (C=O) groups is 2. The lowest BCUT2D eigenvalue weighted by molar-refractivity contribution is 0.0847. The number of carbonyl (C=O) groups excluding carboxylic acids is 2. The number of ketones is 1. The molecule has 4 aromatic rings. The second kappa shape index (κ2) is 9.65. The number of Topliss-reactive ketones (excluding diaryl/α,β-unsaturated/α-hetero) is 1. The first-order valence-corrected chi connectivity index (χ1v) is 9.96. The minimum Gasteiger partial charge on any atom is -0.497 e. The van der Waals surface area contributed by atoms with E-state index >= 15 is 0 Å². The Bertz CT molecular complexity index is 1170. The van der Waals surface area contributed by atoms with Gasteiger partial charge >= 0.3 is 0 Å². The van der Waals surface area contributed by atoms with Crippen molar-refractivity contribution in [3.05, 3.63) is 96.8 Å². The van der Waals surface area contributed by atoms with Gasteiger partial charge in [0.2, 0.25) is 0 Å². The van der Waals surface area contributed by atoms with Crippen LogP contribution in [0.4, 0.5) is 0 Å². The number of nitrogens with one attached hydrogen (secondary N) is 1. The van der Waals surface area contributed by atoms with Crippen LogP contribution in [0.3, 0.4) is 0 Å². The van der Waals surface area contributed by atoms with Gasteiger partial charge in [-0.2, -0.15) is 0 Å². The van der Waals surface area contributed by atoms with Crippen LogP contribution >= 0.6 is 0 Å². The molecule has 0 aliphatic carbocycles. The maximum atomic E-state index is 13.0. The van der Waals surface area contributed by atoms with Gasteiger partial charge in [-0.05, 0) is 24.3 Å².